The molecule has 1 rings (SSSR count). The van der Waals surface area contributed by atoms with Crippen LogP contribution in [-0.4, -0.2) is 24.2 Å². The Kier molecular flexibility index (Phi) is 3.74. The lowest BCUT2D eigenvalue weighted by Crippen LogP contribution is -2.35. The second-order valence-corrected chi connectivity index (χ2v) is 3.13. The van der Waals surface area contributed by atoms with Crippen LogP contribution in [0.15, 0.2) is 18.2 Å². The standard InChI is InChI=1S/C10H11F2NO2/c1-13-9(10(14)15)5-6-2-3-7(11)8(12)4-6/h2-4,9,13H,5H2,1H3,(H,14,15)/t9-/m0/s1. The third-order valence-electron chi connectivity index (χ3n) is 2.07. The first-order valence-corrected chi connectivity index (χ1v) is 4.38. The van der Waals surface area contributed by atoms with E-state index < -0.39 is 23.6 Å². The van der Waals surface area contributed by atoms with Gasteiger partial charge in [0.15, 0.2) is 11.6 Å². The molecule has 0 aliphatic carbocycles. The number of hydrogen-bond acceptors (Lipinski definition) is 2. The summed E-state index contributed by atoms with van der Waals surface area (Å²) in [5, 5.41) is 11.3. The Morgan fingerprint density at radius 2 is 2.13 bits per heavy atom. The van der Waals surface area contributed by atoms with Crippen LogP contribution < -0.4 is 5.32 Å². The fourth-order valence-corrected chi connectivity index (χ4v) is 1.22. The zero-order valence-corrected chi connectivity index (χ0v) is 8.13. The van der Waals surface area contributed by atoms with Gasteiger partial charge in [0, 0.05) is 0 Å². The van der Waals surface area contributed by atoms with E-state index in [1.54, 1.807) is 0 Å². The van der Waals surface area contributed by atoms with Crippen LogP contribution in [0, 0.1) is 11.6 Å². The van der Waals surface area contributed by atoms with Gasteiger partial charge in [-0.1, -0.05) is 6.07 Å². The van der Waals surface area contributed by atoms with Crippen molar-refractivity contribution in [3.05, 3.63) is 35.4 Å². The first-order chi connectivity index (χ1) is 7.04. The van der Waals surface area contributed by atoms with E-state index in [1.807, 2.05) is 0 Å². The first kappa shape index (κ1) is 11.6. The van der Waals surface area contributed by atoms with E-state index in [2.05, 4.69) is 5.32 Å². The Morgan fingerprint density at radius 3 is 2.60 bits per heavy atom. The lowest BCUT2D eigenvalue weighted by molar-refractivity contribution is -0.139. The molecule has 2 N–H and O–H groups in total. The molecule has 0 saturated carbocycles. The fraction of sp³-hybridized carbons (Fsp3) is 0.300. The molecule has 0 bridgehead atoms. The molecule has 0 amide bonds. The van der Waals surface area contributed by atoms with E-state index in [0.29, 0.717) is 5.56 Å². The van der Waals surface area contributed by atoms with Crippen LogP contribution in [0.5, 0.6) is 0 Å². The summed E-state index contributed by atoms with van der Waals surface area (Å²) in [6.45, 7) is 0. The zero-order chi connectivity index (χ0) is 11.4. The van der Waals surface area contributed by atoms with Gasteiger partial charge in [0.2, 0.25) is 0 Å². The Bertz CT molecular complexity index is 368. The number of rotatable bonds is 4. The van der Waals surface area contributed by atoms with Gasteiger partial charge in [0.25, 0.3) is 0 Å². The summed E-state index contributed by atoms with van der Waals surface area (Å²) in [4.78, 5) is 10.7. The molecule has 0 heterocycles. The molecule has 3 nitrogen and oxygen atoms in total. The maximum Gasteiger partial charge on any atom is 0.321 e. The summed E-state index contributed by atoms with van der Waals surface area (Å²) in [5.41, 5.74) is 0.440. The number of benzene rings is 1. The Morgan fingerprint density at radius 1 is 1.47 bits per heavy atom. The van der Waals surface area contributed by atoms with Gasteiger partial charge in [-0.2, -0.15) is 0 Å². The third-order valence-corrected chi connectivity index (χ3v) is 2.07. The van der Waals surface area contributed by atoms with Gasteiger partial charge in [0.1, 0.15) is 6.04 Å². The highest BCUT2D eigenvalue weighted by molar-refractivity contribution is 5.73. The van der Waals surface area contributed by atoms with E-state index in [0.717, 1.165) is 12.1 Å². The molecule has 15 heavy (non-hydrogen) atoms. The van der Waals surface area contributed by atoms with Crippen molar-refractivity contribution in [1.82, 2.24) is 5.32 Å². The van der Waals surface area contributed by atoms with Crippen molar-refractivity contribution < 1.29 is 18.7 Å². The van der Waals surface area contributed by atoms with Crippen molar-refractivity contribution in [2.45, 2.75) is 12.5 Å². The highest BCUT2D eigenvalue weighted by Gasteiger charge is 2.15. The Balaban J connectivity index is 2.80. The molecule has 0 saturated heterocycles. The van der Waals surface area contributed by atoms with Crippen molar-refractivity contribution in [2.24, 2.45) is 0 Å². The van der Waals surface area contributed by atoms with Crippen molar-refractivity contribution in [3.8, 4) is 0 Å². The van der Waals surface area contributed by atoms with Gasteiger partial charge >= 0.3 is 5.97 Å². The van der Waals surface area contributed by atoms with Crippen LogP contribution in [0.25, 0.3) is 0 Å². The lowest BCUT2D eigenvalue weighted by Gasteiger charge is -2.10. The van der Waals surface area contributed by atoms with Gasteiger partial charge in [-0.3, -0.25) is 4.79 Å². The lowest BCUT2D eigenvalue weighted by atomic mass is 10.1. The number of carboxylic acid groups (broad SMARTS) is 1. The molecule has 0 fully saturated rings. The summed E-state index contributed by atoms with van der Waals surface area (Å²) in [6, 6.07) is 2.56. The second kappa shape index (κ2) is 4.84. The molecule has 5 heteroatoms. The van der Waals surface area contributed by atoms with Crippen molar-refractivity contribution >= 4 is 5.97 Å². The van der Waals surface area contributed by atoms with Gasteiger partial charge in [-0.05, 0) is 31.2 Å². The molecule has 0 unspecified atom stereocenters. The molecule has 0 aliphatic heterocycles. The number of likely N-dealkylation sites (N-methyl/N-ethyl adjacent to an activating group) is 1. The molecule has 0 radical (unpaired) electrons. The maximum atomic E-state index is 12.8. The van der Waals surface area contributed by atoms with Crippen LogP contribution in [0.2, 0.25) is 0 Å². The van der Waals surface area contributed by atoms with Crippen LogP contribution in [0.1, 0.15) is 5.56 Å². The number of aliphatic carboxylic acids is 1. The summed E-state index contributed by atoms with van der Waals surface area (Å²) in [6.07, 6.45) is 0.114. The topological polar surface area (TPSA) is 49.3 Å². The maximum absolute atomic E-state index is 12.8. The number of carboxylic acids is 1. The van der Waals surface area contributed by atoms with Crippen LogP contribution in [-0.2, 0) is 11.2 Å². The summed E-state index contributed by atoms with van der Waals surface area (Å²) >= 11 is 0. The Labute approximate surface area is 85.7 Å². The highest BCUT2D eigenvalue weighted by atomic mass is 19.2. The minimum absolute atomic E-state index is 0.114. The van der Waals surface area contributed by atoms with E-state index in [9.17, 15) is 13.6 Å². The minimum atomic E-state index is -1.03. The van der Waals surface area contributed by atoms with E-state index >= 15 is 0 Å². The summed E-state index contributed by atoms with van der Waals surface area (Å²) in [7, 11) is 1.50. The molecule has 1 atom stereocenters. The monoisotopic (exact) mass is 215 g/mol. The number of halogens is 2. The minimum Gasteiger partial charge on any atom is -0.480 e. The average molecular weight is 215 g/mol. The second-order valence-electron chi connectivity index (χ2n) is 3.13. The average Bonchev–Trinajstić information content (AvgIpc) is 2.19. The highest BCUT2D eigenvalue weighted by Crippen LogP contribution is 2.10. The molecule has 82 valence electrons. The molecular weight excluding hydrogens is 204 g/mol. The van der Waals surface area contributed by atoms with Gasteiger partial charge in [-0.15, -0.1) is 0 Å². The summed E-state index contributed by atoms with van der Waals surface area (Å²) in [5.74, 6) is -2.93. The smallest absolute Gasteiger partial charge is 0.321 e. The molecular formula is C10H11F2NO2. The molecule has 1 aromatic carbocycles. The van der Waals surface area contributed by atoms with Gasteiger partial charge in [-0.25, -0.2) is 8.78 Å². The number of hydrogen-bond donors (Lipinski definition) is 2. The van der Waals surface area contributed by atoms with E-state index in [1.165, 1.54) is 13.1 Å². The van der Waals surface area contributed by atoms with Crippen molar-refractivity contribution in [3.63, 3.8) is 0 Å². The van der Waals surface area contributed by atoms with Gasteiger partial charge < -0.3 is 10.4 Å². The zero-order valence-electron chi connectivity index (χ0n) is 8.13. The molecule has 0 aliphatic rings. The van der Waals surface area contributed by atoms with Crippen LogP contribution in [0.4, 0.5) is 8.78 Å². The molecule has 1 aromatic rings. The third kappa shape index (κ3) is 2.99. The number of carbonyl (C=O) groups is 1. The van der Waals surface area contributed by atoms with Crippen molar-refractivity contribution in [2.75, 3.05) is 7.05 Å². The SMILES string of the molecule is CN[C@@H](Cc1ccc(F)c(F)c1)C(=O)O. The number of nitrogens with one attached hydrogen (secondary N) is 1. The quantitative estimate of drug-likeness (QED) is 0.792. The van der Waals surface area contributed by atoms with E-state index in [-0.39, 0.29) is 6.42 Å². The normalized spacial score (nSPS) is 12.5. The predicted molar refractivity (Wildman–Crippen MR) is 50.5 cm³/mol. The Hall–Kier alpha value is -1.49. The fourth-order valence-electron chi connectivity index (χ4n) is 1.22. The first-order valence-electron chi connectivity index (χ1n) is 4.38. The molecule has 0 spiro atoms. The largest absolute Gasteiger partial charge is 0.480 e. The summed E-state index contributed by atoms with van der Waals surface area (Å²) < 4.78 is 25.4. The van der Waals surface area contributed by atoms with Crippen molar-refractivity contribution in [1.29, 1.82) is 0 Å². The van der Waals surface area contributed by atoms with Crippen LogP contribution in [0.3, 0.4) is 0 Å². The van der Waals surface area contributed by atoms with E-state index in [4.69, 9.17) is 5.11 Å². The van der Waals surface area contributed by atoms with Crippen LogP contribution >= 0.6 is 0 Å². The van der Waals surface area contributed by atoms with Gasteiger partial charge in [0.05, 0.1) is 0 Å². The predicted octanol–water partition coefficient (Wildman–Crippen LogP) is 1.18. The molecule has 0 aromatic heterocycles.